The minimum atomic E-state index is -0.0129. The van der Waals surface area contributed by atoms with E-state index < -0.39 is 0 Å². The molecule has 6 nitrogen and oxygen atoms in total. The van der Waals surface area contributed by atoms with Crippen LogP contribution in [0.1, 0.15) is 25.3 Å². The summed E-state index contributed by atoms with van der Waals surface area (Å²) in [6.07, 6.45) is 2.30. The number of rotatable bonds is 4. The average molecular weight is 364 g/mol. The number of aliphatic imine (C=N–C) groups is 1. The molecule has 138 valence electrons. The first-order valence-electron chi connectivity index (χ1n) is 9.18. The Kier molecular flexibility index (Phi) is 6.31. The lowest BCUT2D eigenvalue weighted by Gasteiger charge is -2.39. The van der Waals surface area contributed by atoms with E-state index in [0.29, 0.717) is 5.91 Å². The lowest BCUT2D eigenvalue weighted by Crippen LogP contribution is -2.57. The Morgan fingerprint density at radius 2 is 1.92 bits per heavy atom. The minimum Gasteiger partial charge on any atom is -0.352 e. The first-order chi connectivity index (χ1) is 12.2. The maximum atomic E-state index is 12.6. The van der Waals surface area contributed by atoms with Crippen molar-refractivity contribution in [3.8, 4) is 0 Å². The van der Waals surface area contributed by atoms with Crippen LogP contribution in [0.15, 0.2) is 21.8 Å². The fraction of sp³-hybridized carbons (Fsp3) is 0.667. The van der Waals surface area contributed by atoms with Gasteiger partial charge in [0.1, 0.15) is 0 Å². The van der Waals surface area contributed by atoms with Gasteiger partial charge in [0.05, 0.1) is 6.04 Å². The van der Waals surface area contributed by atoms with Crippen molar-refractivity contribution in [2.75, 3.05) is 46.3 Å². The second-order valence-electron chi connectivity index (χ2n) is 6.76. The summed E-state index contributed by atoms with van der Waals surface area (Å²) in [6, 6.07) is 2.12. The highest BCUT2D eigenvalue weighted by molar-refractivity contribution is 7.07. The molecule has 1 aromatic rings. The maximum Gasteiger partial charge on any atom is 0.239 e. The number of thiophene rings is 1. The number of likely N-dealkylation sites (tertiary alicyclic amines) is 1. The van der Waals surface area contributed by atoms with Crippen molar-refractivity contribution < 1.29 is 4.79 Å². The lowest BCUT2D eigenvalue weighted by atomic mass is 10.2. The van der Waals surface area contributed by atoms with Crippen LogP contribution in [0.4, 0.5) is 0 Å². The van der Waals surface area contributed by atoms with Crippen LogP contribution in [0, 0.1) is 0 Å². The summed E-state index contributed by atoms with van der Waals surface area (Å²) >= 11 is 1.71. The van der Waals surface area contributed by atoms with Gasteiger partial charge in [-0.1, -0.05) is 0 Å². The first-order valence-corrected chi connectivity index (χ1v) is 10.1. The van der Waals surface area contributed by atoms with Gasteiger partial charge in [-0.25, -0.2) is 0 Å². The molecule has 2 fully saturated rings. The van der Waals surface area contributed by atoms with Crippen LogP contribution in [0.25, 0.3) is 0 Å². The number of piperazine rings is 1. The molecule has 1 aromatic heterocycles. The zero-order valence-corrected chi connectivity index (χ0v) is 16.1. The second-order valence-corrected chi connectivity index (χ2v) is 7.54. The summed E-state index contributed by atoms with van der Waals surface area (Å²) in [6.45, 7) is 8.34. The molecule has 0 aromatic carbocycles. The number of amides is 1. The van der Waals surface area contributed by atoms with Gasteiger partial charge < -0.3 is 15.1 Å². The van der Waals surface area contributed by atoms with Crippen molar-refractivity contribution in [3.63, 3.8) is 0 Å². The van der Waals surface area contributed by atoms with Gasteiger partial charge in [-0.3, -0.25) is 14.7 Å². The largest absolute Gasteiger partial charge is 0.352 e. The van der Waals surface area contributed by atoms with Crippen LogP contribution in [-0.4, -0.2) is 78.9 Å². The Morgan fingerprint density at radius 3 is 2.52 bits per heavy atom. The van der Waals surface area contributed by atoms with Gasteiger partial charge in [0.25, 0.3) is 0 Å². The molecule has 1 atom stereocenters. The van der Waals surface area contributed by atoms with Crippen molar-refractivity contribution in [1.82, 2.24) is 20.0 Å². The molecule has 7 heteroatoms. The fourth-order valence-electron chi connectivity index (χ4n) is 3.59. The molecule has 2 saturated heterocycles. The molecule has 1 amide bonds. The standard InChI is InChI=1S/C18H29N5OS/c1-15(17(24)22-6-3-4-7-22)21-8-10-23(11-9-21)18(19-2)20-13-16-5-12-25-14-16/h5,12,14-15H,3-4,6-11,13H2,1-2H3,(H,19,20). The molecule has 0 aliphatic carbocycles. The number of nitrogens with one attached hydrogen (secondary N) is 1. The molecule has 2 aliphatic heterocycles. The molecule has 3 rings (SSSR count). The maximum absolute atomic E-state index is 12.6. The molecule has 25 heavy (non-hydrogen) atoms. The van der Waals surface area contributed by atoms with Gasteiger partial charge in [0.15, 0.2) is 5.96 Å². The number of carbonyl (C=O) groups excluding carboxylic acids is 1. The third-order valence-corrected chi connectivity index (χ3v) is 5.91. The van der Waals surface area contributed by atoms with Crippen molar-refractivity contribution in [1.29, 1.82) is 0 Å². The number of hydrogen-bond donors (Lipinski definition) is 1. The lowest BCUT2D eigenvalue weighted by molar-refractivity contribution is -0.135. The van der Waals surface area contributed by atoms with Crippen molar-refractivity contribution in [2.24, 2.45) is 4.99 Å². The Hall–Kier alpha value is -1.60. The van der Waals surface area contributed by atoms with E-state index in [-0.39, 0.29) is 6.04 Å². The molecule has 0 radical (unpaired) electrons. The average Bonchev–Trinajstić information content (AvgIpc) is 3.35. The molecule has 3 heterocycles. The van der Waals surface area contributed by atoms with Gasteiger partial charge in [0, 0.05) is 52.9 Å². The summed E-state index contributed by atoms with van der Waals surface area (Å²) in [5.74, 6) is 1.25. The molecule has 2 aliphatic rings. The predicted molar refractivity (Wildman–Crippen MR) is 103 cm³/mol. The third-order valence-electron chi connectivity index (χ3n) is 5.18. The number of nitrogens with zero attached hydrogens (tertiary/aromatic N) is 4. The topological polar surface area (TPSA) is 51.2 Å². The SMILES string of the molecule is CN=C(NCc1ccsc1)N1CCN(C(C)C(=O)N2CCCC2)CC1. The number of hydrogen-bond acceptors (Lipinski definition) is 4. The number of carbonyl (C=O) groups is 1. The van der Waals surface area contributed by atoms with E-state index in [1.807, 2.05) is 11.9 Å². The van der Waals surface area contributed by atoms with E-state index in [1.54, 1.807) is 11.3 Å². The van der Waals surface area contributed by atoms with E-state index in [9.17, 15) is 4.79 Å². The van der Waals surface area contributed by atoms with E-state index in [0.717, 1.165) is 64.6 Å². The van der Waals surface area contributed by atoms with Gasteiger partial charge in [-0.2, -0.15) is 11.3 Å². The van der Waals surface area contributed by atoms with Gasteiger partial charge in [0.2, 0.25) is 5.91 Å². The second kappa shape index (κ2) is 8.67. The van der Waals surface area contributed by atoms with E-state index >= 15 is 0 Å². The molecular formula is C18H29N5OS. The fourth-order valence-corrected chi connectivity index (χ4v) is 4.25. The van der Waals surface area contributed by atoms with Crippen LogP contribution < -0.4 is 5.32 Å². The van der Waals surface area contributed by atoms with E-state index in [1.165, 1.54) is 5.56 Å². The van der Waals surface area contributed by atoms with Crippen LogP contribution in [0.5, 0.6) is 0 Å². The Bertz CT molecular complexity index is 574. The highest BCUT2D eigenvalue weighted by Gasteiger charge is 2.30. The Balaban J connectivity index is 1.47. The quantitative estimate of drug-likeness (QED) is 0.650. The zero-order valence-electron chi connectivity index (χ0n) is 15.3. The molecular weight excluding hydrogens is 334 g/mol. The minimum absolute atomic E-state index is 0.0129. The highest BCUT2D eigenvalue weighted by Crippen LogP contribution is 2.14. The van der Waals surface area contributed by atoms with Gasteiger partial charge >= 0.3 is 0 Å². The van der Waals surface area contributed by atoms with Crippen LogP contribution in [-0.2, 0) is 11.3 Å². The highest BCUT2D eigenvalue weighted by atomic mass is 32.1. The third kappa shape index (κ3) is 4.52. The van der Waals surface area contributed by atoms with Crippen molar-refractivity contribution in [2.45, 2.75) is 32.4 Å². The molecule has 1 N–H and O–H groups in total. The summed E-state index contributed by atoms with van der Waals surface area (Å²) in [7, 11) is 1.84. The summed E-state index contributed by atoms with van der Waals surface area (Å²) in [5, 5.41) is 7.69. The summed E-state index contributed by atoms with van der Waals surface area (Å²) in [4.78, 5) is 23.6. The van der Waals surface area contributed by atoms with Crippen LogP contribution >= 0.6 is 11.3 Å². The van der Waals surface area contributed by atoms with Crippen LogP contribution in [0.2, 0.25) is 0 Å². The molecule has 1 unspecified atom stereocenters. The molecule has 0 spiro atoms. The zero-order chi connectivity index (χ0) is 17.6. The predicted octanol–water partition coefficient (Wildman–Crippen LogP) is 1.45. The summed E-state index contributed by atoms with van der Waals surface area (Å²) in [5.41, 5.74) is 1.29. The van der Waals surface area contributed by atoms with Crippen molar-refractivity contribution >= 4 is 23.2 Å². The molecule has 0 saturated carbocycles. The monoisotopic (exact) mass is 363 g/mol. The van der Waals surface area contributed by atoms with Crippen LogP contribution in [0.3, 0.4) is 0 Å². The van der Waals surface area contributed by atoms with Gasteiger partial charge in [-0.05, 0) is 42.2 Å². The normalized spacial score (nSPS) is 20.8. The first kappa shape index (κ1) is 18.2. The van der Waals surface area contributed by atoms with Gasteiger partial charge in [-0.15, -0.1) is 0 Å². The summed E-state index contributed by atoms with van der Waals surface area (Å²) < 4.78 is 0. The molecule has 0 bridgehead atoms. The van der Waals surface area contributed by atoms with E-state index in [4.69, 9.17) is 0 Å². The Morgan fingerprint density at radius 1 is 1.20 bits per heavy atom. The van der Waals surface area contributed by atoms with E-state index in [2.05, 4.69) is 43.9 Å². The van der Waals surface area contributed by atoms with Crippen molar-refractivity contribution in [3.05, 3.63) is 22.4 Å². The number of guanidine groups is 1. The Labute approximate surface area is 154 Å². The smallest absolute Gasteiger partial charge is 0.239 e.